The van der Waals surface area contributed by atoms with E-state index in [9.17, 15) is 23.2 Å². The van der Waals surface area contributed by atoms with Gasteiger partial charge in [-0.15, -0.1) is 0 Å². The van der Waals surface area contributed by atoms with Crippen molar-refractivity contribution in [2.24, 2.45) is 0 Å². The molecule has 0 spiro atoms. The molecule has 3 rings (SSSR count). The van der Waals surface area contributed by atoms with Crippen LogP contribution in [0.25, 0.3) is 0 Å². The highest BCUT2D eigenvalue weighted by Gasteiger charge is 2.51. The Balaban J connectivity index is 2.63. The van der Waals surface area contributed by atoms with Crippen molar-refractivity contribution in [2.45, 2.75) is 4.75 Å². The number of hydrogen-bond donors (Lipinski definition) is 3. The van der Waals surface area contributed by atoms with Gasteiger partial charge in [-0.05, 0) is 48.0 Å². The normalized spacial score (nSPS) is 13.8. The van der Waals surface area contributed by atoms with Crippen LogP contribution in [0.15, 0.2) is 54.6 Å². The van der Waals surface area contributed by atoms with Crippen LogP contribution in [-0.2, 0) is 14.9 Å². The van der Waals surface area contributed by atoms with E-state index in [2.05, 4.69) is 0 Å². The van der Waals surface area contributed by atoms with E-state index in [-0.39, 0.29) is 37.5 Å². The van der Waals surface area contributed by atoms with Gasteiger partial charge >= 0.3 is 0 Å². The van der Waals surface area contributed by atoms with Crippen molar-refractivity contribution >= 4 is 56.5 Å². The molecule has 1 atom stereocenters. The highest BCUT2D eigenvalue weighted by Crippen LogP contribution is 2.51. The first-order chi connectivity index (χ1) is 13.5. The molecular weight excluding hydrogens is 482 g/mol. The smallest absolute Gasteiger partial charge is 0.283 e. The van der Waals surface area contributed by atoms with E-state index in [1.165, 1.54) is 36.4 Å². The summed E-state index contributed by atoms with van der Waals surface area (Å²) in [6.07, 6.45) is 0. The van der Waals surface area contributed by atoms with Gasteiger partial charge < -0.3 is 10.2 Å². The molecule has 0 aliphatic heterocycles. The maximum atomic E-state index is 13.0. The molecule has 0 aliphatic carbocycles. The van der Waals surface area contributed by atoms with Crippen LogP contribution >= 0.6 is 46.4 Å². The molecule has 0 aliphatic rings. The fraction of sp³-hybridized carbons (Fsp3) is 0.0526. The molecule has 3 N–H and O–H groups in total. The lowest BCUT2D eigenvalue weighted by Crippen LogP contribution is -2.38. The van der Waals surface area contributed by atoms with E-state index in [1.54, 1.807) is 0 Å². The number of aromatic hydroxyl groups is 2. The molecule has 0 saturated heterocycles. The zero-order chi connectivity index (χ0) is 21.6. The fourth-order valence-corrected chi connectivity index (χ4v) is 5.43. The van der Waals surface area contributed by atoms with Crippen LogP contribution in [0.3, 0.4) is 0 Å². The molecule has 1 unspecified atom stereocenters. The molecule has 3 aromatic rings. The first kappa shape index (κ1) is 22.0. The molecule has 29 heavy (non-hydrogen) atoms. The average molecular weight is 494 g/mol. The third-order valence-corrected chi connectivity index (χ3v) is 7.09. The van der Waals surface area contributed by atoms with Gasteiger partial charge in [-0.25, -0.2) is 0 Å². The lowest BCUT2D eigenvalue weighted by Gasteiger charge is -2.34. The maximum absolute atomic E-state index is 13.0. The van der Waals surface area contributed by atoms with E-state index in [1.807, 2.05) is 0 Å². The SMILES string of the molecule is O=S(=O)(O)C(c1ccc(Cl)cc1)(c1cc(O)ccc1O)c1cc(Cl)cc(Cl)c1Cl. The summed E-state index contributed by atoms with van der Waals surface area (Å²) in [5, 5.41) is 20.6. The first-order valence-electron chi connectivity index (χ1n) is 7.89. The standard InChI is InChI=1S/C19H12Cl4O5S/c20-11-3-1-10(2-4-11)19(29(26,27)28,14-9-13(24)5-6-17(14)25)15-7-12(21)8-16(22)18(15)23/h1-9,24-25H,(H,26,27,28). The highest BCUT2D eigenvalue weighted by atomic mass is 35.5. The third-order valence-electron chi connectivity index (χ3n) is 4.37. The summed E-state index contributed by atoms with van der Waals surface area (Å²) in [5.41, 5.74) is -0.601. The Morgan fingerprint density at radius 1 is 0.759 bits per heavy atom. The molecule has 0 bridgehead atoms. The van der Waals surface area contributed by atoms with Gasteiger partial charge in [0.25, 0.3) is 10.1 Å². The first-order valence-corrected chi connectivity index (χ1v) is 10.8. The minimum Gasteiger partial charge on any atom is -0.508 e. The number of phenolic OH excluding ortho intramolecular Hbond substituents is 2. The average Bonchev–Trinajstić information content (AvgIpc) is 2.62. The van der Waals surface area contributed by atoms with Crippen LogP contribution in [0, 0.1) is 0 Å². The number of halogens is 4. The predicted molar refractivity (Wildman–Crippen MR) is 114 cm³/mol. The second-order valence-electron chi connectivity index (χ2n) is 6.11. The van der Waals surface area contributed by atoms with Crippen molar-refractivity contribution in [3.8, 4) is 11.5 Å². The molecular formula is C19H12Cl4O5S. The van der Waals surface area contributed by atoms with Gasteiger partial charge in [-0.2, -0.15) is 8.42 Å². The summed E-state index contributed by atoms with van der Waals surface area (Å²) in [5.74, 6) is -0.883. The summed E-state index contributed by atoms with van der Waals surface area (Å²) in [7, 11) is -5.11. The molecule has 0 fully saturated rings. The van der Waals surface area contributed by atoms with Crippen LogP contribution in [0.1, 0.15) is 16.7 Å². The summed E-state index contributed by atoms with van der Waals surface area (Å²) in [4.78, 5) is 0. The van der Waals surface area contributed by atoms with Gasteiger partial charge in [0.05, 0.1) is 10.0 Å². The van der Waals surface area contributed by atoms with E-state index in [4.69, 9.17) is 46.4 Å². The van der Waals surface area contributed by atoms with E-state index in [0.717, 1.165) is 18.2 Å². The lowest BCUT2D eigenvalue weighted by atomic mass is 9.83. The van der Waals surface area contributed by atoms with Crippen molar-refractivity contribution in [2.75, 3.05) is 0 Å². The number of hydrogen-bond acceptors (Lipinski definition) is 4. The largest absolute Gasteiger partial charge is 0.508 e. The highest BCUT2D eigenvalue weighted by molar-refractivity contribution is 7.87. The minimum atomic E-state index is -5.11. The zero-order valence-corrected chi connectivity index (χ0v) is 18.1. The fourth-order valence-electron chi connectivity index (χ4n) is 3.19. The Kier molecular flexibility index (Phi) is 5.98. The number of benzene rings is 3. The second kappa shape index (κ2) is 7.87. The molecule has 10 heteroatoms. The third kappa shape index (κ3) is 3.77. The quantitative estimate of drug-likeness (QED) is 0.182. The summed E-state index contributed by atoms with van der Waals surface area (Å²) < 4.78 is 33.9. The van der Waals surface area contributed by atoms with Crippen LogP contribution in [0.5, 0.6) is 11.5 Å². The van der Waals surface area contributed by atoms with Gasteiger partial charge in [0.2, 0.25) is 0 Å². The molecule has 0 radical (unpaired) electrons. The van der Waals surface area contributed by atoms with E-state index in [0.29, 0.717) is 5.02 Å². The molecule has 0 saturated carbocycles. The van der Waals surface area contributed by atoms with Gasteiger partial charge in [0.1, 0.15) is 11.5 Å². The molecule has 152 valence electrons. The predicted octanol–water partition coefficient (Wildman–Crippen LogP) is 5.89. The molecule has 0 amide bonds. The van der Waals surface area contributed by atoms with Crippen molar-refractivity contribution in [3.05, 3.63) is 91.4 Å². The Bertz CT molecular complexity index is 1200. The molecule has 5 nitrogen and oxygen atoms in total. The maximum Gasteiger partial charge on any atom is 0.283 e. The van der Waals surface area contributed by atoms with Crippen molar-refractivity contribution < 1.29 is 23.2 Å². The van der Waals surface area contributed by atoms with Crippen LogP contribution in [0.4, 0.5) is 0 Å². The summed E-state index contributed by atoms with van der Waals surface area (Å²) in [6.45, 7) is 0. The van der Waals surface area contributed by atoms with E-state index >= 15 is 0 Å². The van der Waals surface area contributed by atoms with Gasteiger partial charge in [-0.3, -0.25) is 4.55 Å². The Morgan fingerprint density at radius 3 is 1.97 bits per heavy atom. The van der Waals surface area contributed by atoms with Crippen molar-refractivity contribution in [1.82, 2.24) is 0 Å². The van der Waals surface area contributed by atoms with Gasteiger partial charge in [0.15, 0.2) is 4.75 Å². The topological polar surface area (TPSA) is 94.8 Å². The summed E-state index contributed by atoms with van der Waals surface area (Å²) >= 11 is 24.5. The Morgan fingerprint density at radius 2 is 1.38 bits per heavy atom. The van der Waals surface area contributed by atoms with E-state index < -0.39 is 20.6 Å². The van der Waals surface area contributed by atoms with Gasteiger partial charge in [0, 0.05) is 21.2 Å². The minimum absolute atomic E-state index is 0.0227. The Labute approximate surface area is 186 Å². The lowest BCUT2D eigenvalue weighted by molar-refractivity contribution is 0.434. The Hall–Kier alpha value is -1.67. The van der Waals surface area contributed by atoms with Crippen molar-refractivity contribution in [1.29, 1.82) is 0 Å². The van der Waals surface area contributed by atoms with Crippen LogP contribution in [0.2, 0.25) is 20.1 Å². The van der Waals surface area contributed by atoms with Gasteiger partial charge in [-0.1, -0.05) is 58.5 Å². The number of phenols is 2. The van der Waals surface area contributed by atoms with Crippen LogP contribution in [-0.4, -0.2) is 23.2 Å². The second-order valence-corrected chi connectivity index (χ2v) is 9.33. The van der Waals surface area contributed by atoms with Crippen molar-refractivity contribution in [3.63, 3.8) is 0 Å². The summed E-state index contributed by atoms with van der Waals surface area (Å²) in [6, 6.07) is 11.2. The molecule has 0 heterocycles. The monoisotopic (exact) mass is 492 g/mol. The van der Waals surface area contributed by atoms with Crippen LogP contribution < -0.4 is 0 Å². The molecule has 0 aromatic heterocycles. The molecule has 3 aromatic carbocycles. The zero-order valence-electron chi connectivity index (χ0n) is 14.3. The number of rotatable bonds is 4.